The van der Waals surface area contributed by atoms with Gasteiger partial charge in [-0.25, -0.2) is 0 Å². The van der Waals surface area contributed by atoms with E-state index >= 15 is 0 Å². The summed E-state index contributed by atoms with van der Waals surface area (Å²) in [6.07, 6.45) is 4.14. The number of rotatable bonds is 7. The molecule has 2 fully saturated rings. The molecule has 0 bridgehead atoms. The molecule has 0 spiro atoms. The fourth-order valence-electron chi connectivity index (χ4n) is 3.76. The molecule has 0 aromatic heterocycles. The predicted molar refractivity (Wildman–Crippen MR) is 114 cm³/mol. The van der Waals surface area contributed by atoms with Gasteiger partial charge in [-0.1, -0.05) is 0 Å². The van der Waals surface area contributed by atoms with E-state index in [0.29, 0.717) is 12.6 Å². The Hall–Kier alpha value is -0.610. The highest BCUT2D eigenvalue weighted by molar-refractivity contribution is 14.0. The van der Waals surface area contributed by atoms with E-state index in [1.807, 2.05) is 14.0 Å². The summed E-state index contributed by atoms with van der Waals surface area (Å²) >= 11 is 0. The molecule has 2 aliphatic heterocycles. The number of guanidine groups is 1. The maximum Gasteiger partial charge on any atom is 0.309 e. The minimum Gasteiger partial charge on any atom is -0.466 e. The van der Waals surface area contributed by atoms with Crippen LogP contribution in [0, 0.1) is 5.92 Å². The summed E-state index contributed by atoms with van der Waals surface area (Å²) in [6, 6.07) is 0.545. The number of aliphatic imine (C=N–C) groups is 1. The van der Waals surface area contributed by atoms with Crippen LogP contribution in [-0.2, 0) is 14.3 Å². The summed E-state index contributed by atoms with van der Waals surface area (Å²) < 4.78 is 10.4. The highest BCUT2D eigenvalue weighted by Gasteiger charge is 2.28. The van der Waals surface area contributed by atoms with Crippen molar-refractivity contribution in [2.24, 2.45) is 10.9 Å². The number of hydrogen-bond acceptors (Lipinski definition) is 5. The number of carbonyl (C=O) groups excluding carboxylic acids is 1. The van der Waals surface area contributed by atoms with Gasteiger partial charge in [-0.2, -0.15) is 0 Å². The number of nitrogens with one attached hydrogen (secondary N) is 1. The number of hydrogen-bond donors (Lipinski definition) is 1. The van der Waals surface area contributed by atoms with Gasteiger partial charge in [0, 0.05) is 46.4 Å². The van der Waals surface area contributed by atoms with Crippen LogP contribution >= 0.6 is 24.0 Å². The minimum atomic E-state index is -0.0511. The number of esters is 1. The molecule has 0 aliphatic carbocycles. The second kappa shape index (κ2) is 12.7. The van der Waals surface area contributed by atoms with Crippen LogP contribution in [0.15, 0.2) is 4.99 Å². The molecule has 26 heavy (non-hydrogen) atoms. The molecular weight excluding hydrogens is 447 g/mol. The summed E-state index contributed by atoms with van der Waals surface area (Å²) in [5, 5.41) is 3.53. The third-order valence-corrected chi connectivity index (χ3v) is 5.20. The third-order valence-electron chi connectivity index (χ3n) is 5.20. The highest BCUT2D eigenvalue weighted by Crippen LogP contribution is 2.19. The van der Waals surface area contributed by atoms with Crippen molar-refractivity contribution in [3.05, 3.63) is 0 Å². The topological polar surface area (TPSA) is 66.4 Å². The molecule has 1 N–H and O–H groups in total. The van der Waals surface area contributed by atoms with Crippen molar-refractivity contribution in [3.8, 4) is 0 Å². The van der Waals surface area contributed by atoms with Gasteiger partial charge in [-0.05, 0) is 39.2 Å². The normalized spacial score (nSPS) is 22.2. The Morgan fingerprint density at radius 1 is 1.23 bits per heavy atom. The fourth-order valence-corrected chi connectivity index (χ4v) is 3.76. The van der Waals surface area contributed by atoms with Crippen LogP contribution in [0.4, 0.5) is 0 Å². The van der Waals surface area contributed by atoms with Gasteiger partial charge in [-0.3, -0.25) is 14.7 Å². The van der Waals surface area contributed by atoms with Gasteiger partial charge in [0.2, 0.25) is 0 Å². The van der Waals surface area contributed by atoms with Gasteiger partial charge in [0.05, 0.1) is 19.1 Å². The zero-order valence-electron chi connectivity index (χ0n) is 16.4. The second-order valence-electron chi connectivity index (χ2n) is 6.77. The first-order chi connectivity index (χ1) is 12.2. The smallest absolute Gasteiger partial charge is 0.309 e. The Balaban J connectivity index is 0.00000338. The molecule has 0 radical (unpaired) electrons. The molecule has 0 aromatic carbocycles. The zero-order chi connectivity index (χ0) is 18.1. The van der Waals surface area contributed by atoms with Gasteiger partial charge in [0.1, 0.15) is 0 Å². The highest BCUT2D eigenvalue weighted by atomic mass is 127. The third kappa shape index (κ3) is 6.84. The lowest BCUT2D eigenvalue weighted by Crippen LogP contribution is -2.50. The number of carbonyl (C=O) groups is 1. The first kappa shape index (κ1) is 23.4. The fraction of sp³-hybridized carbons (Fsp3) is 0.889. The van der Waals surface area contributed by atoms with Crippen LogP contribution < -0.4 is 5.32 Å². The molecule has 0 saturated carbocycles. The number of piperidine rings is 1. The Morgan fingerprint density at radius 2 is 1.96 bits per heavy atom. The summed E-state index contributed by atoms with van der Waals surface area (Å²) in [5.74, 6) is 0.930. The van der Waals surface area contributed by atoms with E-state index in [0.717, 1.165) is 58.1 Å². The predicted octanol–water partition coefficient (Wildman–Crippen LogP) is 1.57. The molecule has 0 aromatic rings. The van der Waals surface area contributed by atoms with Crippen molar-refractivity contribution >= 4 is 35.9 Å². The van der Waals surface area contributed by atoms with E-state index in [9.17, 15) is 4.79 Å². The van der Waals surface area contributed by atoms with E-state index in [1.54, 1.807) is 7.11 Å². The number of methoxy groups -OCH3 is 1. The van der Waals surface area contributed by atoms with Crippen molar-refractivity contribution in [2.45, 2.75) is 38.6 Å². The van der Waals surface area contributed by atoms with Crippen LogP contribution in [-0.4, -0.2) is 87.9 Å². The Labute approximate surface area is 174 Å². The molecular formula is C18H35IN4O3. The molecule has 1 unspecified atom stereocenters. The summed E-state index contributed by atoms with van der Waals surface area (Å²) in [4.78, 5) is 21.1. The molecule has 8 heteroatoms. The lowest BCUT2D eigenvalue weighted by Gasteiger charge is -2.34. The van der Waals surface area contributed by atoms with E-state index in [-0.39, 0.29) is 35.9 Å². The van der Waals surface area contributed by atoms with Gasteiger partial charge < -0.3 is 19.7 Å². The van der Waals surface area contributed by atoms with E-state index in [2.05, 4.69) is 20.1 Å². The van der Waals surface area contributed by atoms with Crippen LogP contribution in [0.5, 0.6) is 0 Å². The Kier molecular flexibility index (Phi) is 11.5. The van der Waals surface area contributed by atoms with Crippen molar-refractivity contribution in [1.82, 2.24) is 15.1 Å². The van der Waals surface area contributed by atoms with Crippen molar-refractivity contribution < 1.29 is 14.3 Å². The summed E-state index contributed by atoms with van der Waals surface area (Å²) in [7, 11) is 3.59. The maximum absolute atomic E-state index is 11.9. The minimum absolute atomic E-state index is 0. The first-order valence-electron chi connectivity index (χ1n) is 9.54. The van der Waals surface area contributed by atoms with E-state index in [4.69, 9.17) is 9.47 Å². The van der Waals surface area contributed by atoms with Crippen molar-refractivity contribution in [3.63, 3.8) is 0 Å². The van der Waals surface area contributed by atoms with Gasteiger partial charge in [0.25, 0.3) is 0 Å². The number of halogens is 1. The largest absolute Gasteiger partial charge is 0.466 e. The molecule has 2 saturated heterocycles. The zero-order valence-corrected chi connectivity index (χ0v) is 18.7. The number of likely N-dealkylation sites (tertiary alicyclic amines) is 2. The van der Waals surface area contributed by atoms with Crippen molar-refractivity contribution in [1.29, 1.82) is 0 Å². The molecule has 152 valence electrons. The lowest BCUT2D eigenvalue weighted by molar-refractivity contribution is -0.149. The Morgan fingerprint density at radius 3 is 2.58 bits per heavy atom. The SMILES string of the molecule is CCOC(=O)C1CCN(C(=NC)NCC2CCCN2CCOC)CC1.I. The quantitative estimate of drug-likeness (QED) is 0.257. The van der Waals surface area contributed by atoms with Crippen LogP contribution in [0.3, 0.4) is 0 Å². The Bertz CT molecular complexity index is 442. The van der Waals surface area contributed by atoms with E-state index < -0.39 is 0 Å². The number of nitrogens with zero attached hydrogens (tertiary/aromatic N) is 3. The molecule has 2 heterocycles. The molecule has 0 amide bonds. The van der Waals surface area contributed by atoms with Gasteiger partial charge >= 0.3 is 5.97 Å². The first-order valence-corrected chi connectivity index (χ1v) is 9.54. The average molecular weight is 482 g/mol. The molecule has 2 aliphatic rings. The van der Waals surface area contributed by atoms with Gasteiger partial charge in [-0.15, -0.1) is 24.0 Å². The maximum atomic E-state index is 11.9. The molecule has 7 nitrogen and oxygen atoms in total. The standard InChI is InChI=1S/C18H34N4O3.HI/c1-4-25-17(23)15-7-10-22(11-8-15)18(19-2)20-14-16-6-5-9-21(16)12-13-24-3;/h15-16H,4-14H2,1-3H3,(H,19,20);1H. The molecule has 1 atom stereocenters. The summed E-state index contributed by atoms with van der Waals surface area (Å²) in [5.41, 5.74) is 0. The second-order valence-corrected chi connectivity index (χ2v) is 6.77. The number of ether oxygens (including phenoxy) is 2. The monoisotopic (exact) mass is 482 g/mol. The summed E-state index contributed by atoms with van der Waals surface area (Å²) in [6.45, 7) is 7.86. The average Bonchev–Trinajstić information content (AvgIpc) is 3.08. The lowest BCUT2D eigenvalue weighted by atomic mass is 9.97. The molecule has 2 rings (SSSR count). The van der Waals surface area contributed by atoms with Crippen LogP contribution in [0.25, 0.3) is 0 Å². The van der Waals surface area contributed by atoms with E-state index in [1.165, 1.54) is 12.8 Å². The van der Waals surface area contributed by atoms with Gasteiger partial charge in [0.15, 0.2) is 5.96 Å². The van der Waals surface area contributed by atoms with Crippen LogP contribution in [0.1, 0.15) is 32.6 Å². The van der Waals surface area contributed by atoms with Crippen molar-refractivity contribution in [2.75, 3.05) is 60.1 Å². The van der Waals surface area contributed by atoms with Crippen LogP contribution in [0.2, 0.25) is 0 Å².